The third-order valence-electron chi connectivity index (χ3n) is 8.50. The summed E-state index contributed by atoms with van der Waals surface area (Å²) in [4.78, 5) is 26.5. The minimum Gasteiger partial charge on any atom is -0.454 e. The molecule has 0 amide bonds. The molecule has 8 rings (SSSR count). The number of esters is 2. The van der Waals surface area contributed by atoms with Gasteiger partial charge in [-0.25, -0.2) is 9.59 Å². The molecule has 4 nitrogen and oxygen atoms in total. The molecule has 36 heavy (non-hydrogen) atoms. The van der Waals surface area contributed by atoms with Crippen molar-refractivity contribution in [2.24, 2.45) is 11.8 Å². The predicted molar refractivity (Wildman–Crippen MR) is 137 cm³/mol. The first-order valence-corrected chi connectivity index (χ1v) is 12.7. The van der Waals surface area contributed by atoms with Crippen molar-refractivity contribution >= 4 is 22.7 Å². The smallest absolute Gasteiger partial charge is 0.338 e. The second-order valence-corrected chi connectivity index (χ2v) is 10.2. The van der Waals surface area contributed by atoms with Crippen LogP contribution in [0, 0.1) is 11.8 Å². The molecule has 6 atom stereocenters. The van der Waals surface area contributed by atoms with Crippen molar-refractivity contribution in [2.45, 2.75) is 36.9 Å². The molecule has 0 heterocycles. The molecule has 0 saturated heterocycles. The standard InChI is InChI=1S/C32H26O4/c33-31(20-9-3-1-4-10-20)35-29-24-17-18-25(30(29)36-32(34)21-11-5-2-6-12-21)28-23-16-8-14-19-13-7-15-22(26(19)23)27(24)28/h1-16,24-25,27-30H,17-18H2. The van der Waals surface area contributed by atoms with E-state index in [-0.39, 0.29) is 35.6 Å². The largest absolute Gasteiger partial charge is 0.454 e. The lowest BCUT2D eigenvalue weighted by Crippen LogP contribution is -2.57. The lowest BCUT2D eigenvalue weighted by molar-refractivity contribution is -0.136. The van der Waals surface area contributed by atoms with Crippen LogP contribution >= 0.6 is 0 Å². The number of fused-ring (bicyclic) bond motifs is 2. The van der Waals surface area contributed by atoms with E-state index >= 15 is 0 Å². The van der Waals surface area contributed by atoms with Gasteiger partial charge in [0.05, 0.1) is 11.1 Å². The van der Waals surface area contributed by atoms with E-state index in [4.69, 9.17) is 9.47 Å². The Labute approximate surface area is 209 Å². The number of carbonyl (C=O) groups is 2. The van der Waals surface area contributed by atoms with Crippen LogP contribution in [-0.2, 0) is 9.47 Å². The molecule has 0 spiro atoms. The van der Waals surface area contributed by atoms with Crippen molar-refractivity contribution in [3.05, 3.63) is 119 Å². The first kappa shape index (κ1) is 21.4. The number of hydrogen-bond acceptors (Lipinski definition) is 4. The SMILES string of the molecule is O=C(OC1C2CCC(C1OC(=O)c1ccccc1)C1c3cccc4cccc(c34)C21)c1ccccc1. The molecule has 0 aromatic heterocycles. The number of carbonyl (C=O) groups excluding carboxylic acids is 2. The summed E-state index contributed by atoms with van der Waals surface area (Å²) < 4.78 is 12.5. The van der Waals surface area contributed by atoms with Crippen molar-refractivity contribution in [1.82, 2.24) is 0 Å². The van der Waals surface area contributed by atoms with Crippen LogP contribution in [0.2, 0.25) is 0 Å². The van der Waals surface area contributed by atoms with E-state index in [1.807, 2.05) is 36.4 Å². The Bertz CT molecular complexity index is 1350. The van der Waals surface area contributed by atoms with Crippen molar-refractivity contribution in [3.8, 4) is 0 Å². The summed E-state index contributed by atoms with van der Waals surface area (Å²) >= 11 is 0. The molecule has 4 heteroatoms. The number of benzene rings is 4. The van der Waals surface area contributed by atoms with Gasteiger partial charge < -0.3 is 9.47 Å². The van der Waals surface area contributed by atoms with Crippen LogP contribution in [0.3, 0.4) is 0 Å². The molecule has 4 aromatic carbocycles. The Balaban J connectivity index is 1.30. The third-order valence-corrected chi connectivity index (χ3v) is 8.50. The Morgan fingerprint density at radius 2 is 1.00 bits per heavy atom. The fourth-order valence-corrected chi connectivity index (χ4v) is 7.15. The summed E-state index contributed by atoms with van der Waals surface area (Å²) in [5.74, 6) is -0.0490. The molecule has 0 N–H and O–H groups in total. The topological polar surface area (TPSA) is 52.6 Å². The lowest BCUT2D eigenvalue weighted by Gasteiger charge is -2.53. The molecule has 3 fully saturated rings. The van der Waals surface area contributed by atoms with Crippen molar-refractivity contribution in [2.75, 3.05) is 0 Å². The van der Waals surface area contributed by atoms with E-state index in [0.29, 0.717) is 11.1 Å². The highest BCUT2D eigenvalue weighted by Crippen LogP contribution is 2.64. The average Bonchev–Trinajstić information content (AvgIpc) is 3.28. The van der Waals surface area contributed by atoms with Crippen molar-refractivity contribution in [3.63, 3.8) is 0 Å². The number of ether oxygens (including phenoxy) is 2. The van der Waals surface area contributed by atoms with Crippen LogP contribution in [0.5, 0.6) is 0 Å². The summed E-state index contributed by atoms with van der Waals surface area (Å²) in [6.45, 7) is 0. The van der Waals surface area contributed by atoms with Gasteiger partial charge in [0.25, 0.3) is 0 Å². The normalized spacial score (nSPS) is 27.4. The maximum atomic E-state index is 13.2. The minimum absolute atomic E-state index is 0.0826. The quantitative estimate of drug-likeness (QED) is 0.316. The third kappa shape index (κ3) is 3.21. The second-order valence-electron chi connectivity index (χ2n) is 10.2. The molecule has 4 aliphatic carbocycles. The predicted octanol–water partition coefficient (Wildman–Crippen LogP) is 6.51. The van der Waals surface area contributed by atoms with Gasteiger partial charge in [-0.3, -0.25) is 0 Å². The molecule has 4 aromatic rings. The molecule has 178 valence electrons. The van der Waals surface area contributed by atoms with Crippen LogP contribution in [0.25, 0.3) is 10.8 Å². The number of hydrogen-bond donors (Lipinski definition) is 0. The van der Waals surface area contributed by atoms with Gasteiger partial charge in [0.2, 0.25) is 0 Å². The summed E-state index contributed by atoms with van der Waals surface area (Å²) in [5, 5.41) is 2.57. The molecule has 3 saturated carbocycles. The first-order valence-electron chi connectivity index (χ1n) is 12.7. The molecular formula is C32H26O4. The molecule has 4 aliphatic rings. The van der Waals surface area contributed by atoms with E-state index in [1.165, 1.54) is 21.9 Å². The van der Waals surface area contributed by atoms with Crippen LogP contribution < -0.4 is 0 Å². The number of rotatable bonds is 4. The van der Waals surface area contributed by atoms with Gasteiger partial charge in [0.15, 0.2) is 0 Å². The van der Waals surface area contributed by atoms with Gasteiger partial charge in [-0.2, -0.15) is 0 Å². The van der Waals surface area contributed by atoms with E-state index in [2.05, 4.69) is 36.4 Å². The van der Waals surface area contributed by atoms with Gasteiger partial charge in [0.1, 0.15) is 12.2 Å². The van der Waals surface area contributed by atoms with Crippen molar-refractivity contribution < 1.29 is 19.1 Å². The van der Waals surface area contributed by atoms with Crippen LogP contribution in [0.4, 0.5) is 0 Å². The zero-order chi connectivity index (χ0) is 24.2. The minimum atomic E-state index is -0.491. The monoisotopic (exact) mass is 474 g/mol. The highest BCUT2D eigenvalue weighted by molar-refractivity contribution is 5.93. The van der Waals surface area contributed by atoms with Crippen LogP contribution in [0.15, 0.2) is 97.1 Å². The van der Waals surface area contributed by atoms with E-state index in [9.17, 15) is 9.59 Å². The van der Waals surface area contributed by atoms with Gasteiger partial charge in [0, 0.05) is 11.8 Å². The van der Waals surface area contributed by atoms with Crippen LogP contribution in [0.1, 0.15) is 56.5 Å². The van der Waals surface area contributed by atoms with E-state index in [0.717, 1.165) is 12.8 Å². The fourth-order valence-electron chi connectivity index (χ4n) is 7.15. The Hall–Kier alpha value is -3.92. The first-order chi connectivity index (χ1) is 17.7. The second kappa shape index (κ2) is 8.34. The maximum absolute atomic E-state index is 13.2. The van der Waals surface area contributed by atoms with Crippen molar-refractivity contribution in [1.29, 1.82) is 0 Å². The zero-order valence-corrected chi connectivity index (χ0v) is 19.7. The van der Waals surface area contributed by atoms with E-state index in [1.54, 1.807) is 24.3 Å². The summed E-state index contributed by atoms with van der Waals surface area (Å²) in [5.41, 5.74) is 3.72. The average molecular weight is 475 g/mol. The fraction of sp³-hybridized carbons (Fsp3) is 0.250. The highest BCUT2D eigenvalue weighted by atomic mass is 16.6. The van der Waals surface area contributed by atoms with Gasteiger partial charge in [-0.05, 0) is 70.8 Å². The summed E-state index contributed by atoms with van der Waals surface area (Å²) in [7, 11) is 0. The lowest BCUT2D eigenvalue weighted by atomic mass is 9.55. The summed E-state index contributed by atoms with van der Waals surface area (Å²) in [6, 6.07) is 31.2. The highest BCUT2D eigenvalue weighted by Gasteiger charge is 2.60. The Morgan fingerprint density at radius 1 is 0.556 bits per heavy atom. The summed E-state index contributed by atoms with van der Waals surface area (Å²) in [6.07, 6.45) is 0.912. The molecule has 2 bridgehead atoms. The molecule has 0 aliphatic heterocycles. The molecular weight excluding hydrogens is 448 g/mol. The van der Waals surface area contributed by atoms with E-state index < -0.39 is 12.2 Å². The van der Waals surface area contributed by atoms with Gasteiger partial charge in [-0.1, -0.05) is 72.8 Å². The molecule has 6 unspecified atom stereocenters. The Morgan fingerprint density at radius 3 is 1.44 bits per heavy atom. The van der Waals surface area contributed by atoms with Crippen LogP contribution in [-0.4, -0.2) is 24.1 Å². The van der Waals surface area contributed by atoms with Gasteiger partial charge in [-0.15, -0.1) is 0 Å². The maximum Gasteiger partial charge on any atom is 0.338 e. The zero-order valence-electron chi connectivity index (χ0n) is 19.7. The van der Waals surface area contributed by atoms with Gasteiger partial charge >= 0.3 is 11.9 Å². The molecule has 0 radical (unpaired) electrons. The Kier molecular flexibility index (Phi) is 4.95.